The molecule has 0 bridgehead atoms. The second-order valence-corrected chi connectivity index (χ2v) is 5.47. The van der Waals surface area contributed by atoms with Crippen molar-refractivity contribution in [2.24, 2.45) is 0 Å². The Hall–Kier alpha value is -1.37. The standard InChI is InChI=1S/C16H27N3O/c1-3-5-7-8-10-12-14(11-9-6-4-2)16-18-15(13-17)20-19-16/h14H,3-12H2,1-2H3. The Kier molecular flexibility index (Phi) is 8.69. The quantitative estimate of drug-likeness (QED) is 0.536. The zero-order valence-corrected chi connectivity index (χ0v) is 12.9. The minimum atomic E-state index is 0.0893. The topological polar surface area (TPSA) is 62.7 Å². The summed E-state index contributed by atoms with van der Waals surface area (Å²) >= 11 is 0. The second-order valence-electron chi connectivity index (χ2n) is 5.47. The number of unbranched alkanes of at least 4 members (excludes halogenated alkanes) is 6. The van der Waals surface area contributed by atoms with E-state index in [1.165, 1.54) is 51.4 Å². The van der Waals surface area contributed by atoms with Gasteiger partial charge < -0.3 is 4.52 Å². The van der Waals surface area contributed by atoms with Crippen LogP contribution in [0, 0.1) is 11.3 Å². The Balaban J connectivity index is 2.45. The van der Waals surface area contributed by atoms with Gasteiger partial charge in [0.05, 0.1) is 0 Å². The molecule has 1 aromatic heterocycles. The van der Waals surface area contributed by atoms with Crippen LogP contribution in [-0.2, 0) is 0 Å². The molecule has 0 saturated carbocycles. The highest BCUT2D eigenvalue weighted by Crippen LogP contribution is 2.26. The summed E-state index contributed by atoms with van der Waals surface area (Å²) in [6, 6.07) is 1.91. The predicted octanol–water partition coefficient (Wildman–Crippen LogP) is 4.97. The monoisotopic (exact) mass is 277 g/mol. The number of hydrogen-bond acceptors (Lipinski definition) is 4. The van der Waals surface area contributed by atoms with Gasteiger partial charge in [0.1, 0.15) is 0 Å². The molecule has 20 heavy (non-hydrogen) atoms. The van der Waals surface area contributed by atoms with Gasteiger partial charge in [-0.2, -0.15) is 10.2 Å². The van der Waals surface area contributed by atoms with Crippen LogP contribution in [0.4, 0.5) is 0 Å². The summed E-state index contributed by atoms with van der Waals surface area (Å²) in [5.41, 5.74) is 0. The summed E-state index contributed by atoms with van der Waals surface area (Å²) in [7, 11) is 0. The highest BCUT2D eigenvalue weighted by molar-refractivity contribution is 5.06. The molecule has 0 aliphatic carbocycles. The van der Waals surface area contributed by atoms with Crippen molar-refractivity contribution < 1.29 is 4.52 Å². The fraction of sp³-hybridized carbons (Fsp3) is 0.812. The Morgan fingerprint density at radius 1 is 1.00 bits per heavy atom. The number of aromatic nitrogens is 2. The molecular formula is C16H27N3O. The van der Waals surface area contributed by atoms with Gasteiger partial charge in [-0.15, -0.1) is 0 Å². The van der Waals surface area contributed by atoms with Crippen molar-refractivity contribution in [3.8, 4) is 6.07 Å². The second kappa shape index (κ2) is 10.4. The largest absolute Gasteiger partial charge is 0.329 e. The number of hydrogen-bond donors (Lipinski definition) is 0. The lowest BCUT2D eigenvalue weighted by Gasteiger charge is -2.12. The lowest BCUT2D eigenvalue weighted by molar-refractivity contribution is 0.386. The molecule has 0 spiro atoms. The van der Waals surface area contributed by atoms with Crippen LogP contribution in [0.5, 0.6) is 0 Å². The van der Waals surface area contributed by atoms with Crippen LogP contribution in [0.25, 0.3) is 0 Å². The van der Waals surface area contributed by atoms with E-state index in [0.29, 0.717) is 5.92 Å². The van der Waals surface area contributed by atoms with Crippen LogP contribution >= 0.6 is 0 Å². The molecule has 112 valence electrons. The molecule has 1 atom stereocenters. The van der Waals surface area contributed by atoms with Crippen LogP contribution in [0.3, 0.4) is 0 Å². The lowest BCUT2D eigenvalue weighted by Crippen LogP contribution is -2.02. The maximum Gasteiger partial charge on any atom is 0.329 e. The molecule has 0 fully saturated rings. The van der Waals surface area contributed by atoms with Crippen LogP contribution in [0.2, 0.25) is 0 Å². The summed E-state index contributed by atoms with van der Waals surface area (Å²) in [5.74, 6) is 1.17. The van der Waals surface area contributed by atoms with Crippen molar-refractivity contribution in [1.82, 2.24) is 10.1 Å². The first kappa shape index (κ1) is 16.7. The fourth-order valence-electron chi connectivity index (χ4n) is 2.48. The third-order valence-electron chi connectivity index (χ3n) is 3.71. The Labute approximate surface area is 122 Å². The first-order chi connectivity index (χ1) is 9.81. The normalized spacial score (nSPS) is 12.2. The predicted molar refractivity (Wildman–Crippen MR) is 79.3 cm³/mol. The van der Waals surface area contributed by atoms with Crippen molar-refractivity contribution in [3.05, 3.63) is 11.7 Å². The van der Waals surface area contributed by atoms with Crippen LogP contribution < -0.4 is 0 Å². The molecule has 0 saturated heterocycles. The Morgan fingerprint density at radius 3 is 2.20 bits per heavy atom. The van der Waals surface area contributed by atoms with Crippen molar-refractivity contribution >= 4 is 0 Å². The van der Waals surface area contributed by atoms with Gasteiger partial charge in [0.25, 0.3) is 0 Å². The zero-order valence-electron chi connectivity index (χ0n) is 12.9. The molecule has 0 amide bonds. The molecule has 1 aromatic rings. The van der Waals surface area contributed by atoms with E-state index < -0.39 is 0 Å². The first-order valence-electron chi connectivity index (χ1n) is 8.05. The highest BCUT2D eigenvalue weighted by Gasteiger charge is 2.17. The molecular weight excluding hydrogens is 250 g/mol. The molecule has 1 rings (SSSR count). The molecule has 0 aromatic carbocycles. The van der Waals surface area contributed by atoms with Gasteiger partial charge in [0.15, 0.2) is 11.9 Å². The van der Waals surface area contributed by atoms with E-state index >= 15 is 0 Å². The molecule has 0 N–H and O–H groups in total. The Bertz CT molecular complexity index is 395. The first-order valence-corrected chi connectivity index (χ1v) is 8.05. The van der Waals surface area contributed by atoms with Gasteiger partial charge in [0, 0.05) is 5.92 Å². The van der Waals surface area contributed by atoms with Gasteiger partial charge in [-0.1, -0.05) is 70.4 Å². The molecule has 0 aliphatic heterocycles. The minimum Gasteiger partial charge on any atom is -0.323 e. The van der Waals surface area contributed by atoms with E-state index in [-0.39, 0.29) is 5.89 Å². The SMILES string of the molecule is CCCCCCCC(CCCCC)c1noc(C#N)n1. The van der Waals surface area contributed by atoms with Gasteiger partial charge in [-0.25, -0.2) is 0 Å². The van der Waals surface area contributed by atoms with E-state index in [9.17, 15) is 0 Å². The molecule has 4 nitrogen and oxygen atoms in total. The maximum atomic E-state index is 8.77. The van der Waals surface area contributed by atoms with Gasteiger partial charge in [0.2, 0.25) is 0 Å². The maximum absolute atomic E-state index is 8.77. The van der Waals surface area contributed by atoms with E-state index in [4.69, 9.17) is 9.78 Å². The minimum absolute atomic E-state index is 0.0893. The number of rotatable bonds is 11. The van der Waals surface area contributed by atoms with E-state index in [0.717, 1.165) is 18.7 Å². The van der Waals surface area contributed by atoms with Crippen LogP contribution in [-0.4, -0.2) is 10.1 Å². The average molecular weight is 277 g/mol. The molecule has 1 heterocycles. The third kappa shape index (κ3) is 6.18. The Morgan fingerprint density at radius 2 is 1.60 bits per heavy atom. The van der Waals surface area contributed by atoms with Crippen molar-refractivity contribution in [1.29, 1.82) is 5.26 Å². The summed E-state index contributed by atoms with van der Waals surface area (Å²) in [4.78, 5) is 4.18. The lowest BCUT2D eigenvalue weighted by atomic mass is 9.94. The molecule has 1 unspecified atom stereocenters. The molecule has 0 radical (unpaired) electrons. The van der Waals surface area contributed by atoms with Crippen molar-refractivity contribution in [2.75, 3.05) is 0 Å². The summed E-state index contributed by atoms with van der Waals surface area (Å²) in [5, 5.41) is 12.7. The summed E-state index contributed by atoms with van der Waals surface area (Å²) in [6.45, 7) is 4.44. The van der Waals surface area contributed by atoms with Crippen LogP contribution in [0.1, 0.15) is 95.7 Å². The molecule has 0 aliphatic rings. The highest BCUT2D eigenvalue weighted by atomic mass is 16.5. The van der Waals surface area contributed by atoms with Crippen molar-refractivity contribution in [2.45, 2.75) is 84.0 Å². The molecule has 4 heteroatoms. The summed E-state index contributed by atoms with van der Waals surface area (Å²) < 4.78 is 4.92. The van der Waals surface area contributed by atoms with Gasteiger partial charge in [-0.05, 0) is 12.8 Å². The summed E-state index contributed by atoms with van der Waals surface area (Å²) in [6.07, 6.45) is 12.3. The van der Waals surface area contributed by atoms with Gasteiger partial charge in [-0.3, -0.25) is 0 Å². The average Bonchev–Trinajstić information content (AvgIpc) is 2.94. The van der Waals surface area contributed by atoms with Crippen LogP contribution in [0.15, 0.2) is 4.52 Å². The number of nitrogens with zero attached hydrogens (tertiary/aromatic N) is 3. The van der Waals surface area contributed by atoms with E-state index in [1.807, 2.05) is 6.07 Å². The van der Waals surface area contributed by atoms with E-state index in [2.05, 4.69) is 24.0 Å². The zero-order chi connectivity index (χ0) is 14.6. The number of nitriles is 1. The fourth-order valence-corrected chi connectivity index (χ4v) is 2.48. The van der Waals surface area contributed by atoms with Crippen molar-refractivity contribution in [3.63, 3.8) is 0 Å². The van der Waals surface area contributed by atoms with E-state index in [1.54, 1.807) is 0 Å². The van der Waals surface area contributed by atoms with Gasteiger partial charge >= 0.3 is 5.89 Å². The third-order valence-corrected chi connectivity index (χ3v) is 3.71. The smallest absolute Gasteiger partial charge is 0.323 e.